The highest BCUT2D eigenvalue weighted by Gasteiger charge is 2.51. The van der Waals surface area contributed by atoms with E-state index in [1.165, 1.54) is 0 Å². The van der Waals surface area contributed by atoms with Crippen LogP contribution >= 0.6 is 0 Å². The number of benzene rings is 1. The van der Waals surface area contributed by atoms with Crippen LogP contribution in [0.5, 0.6) is 0 Å². The van der Waals surface area contributed by atoms with Crippen molar-refractivity contribution in [3.8, 4) is 0 Å². The Morgan fingerprint density at radius 1 is 1.05 bits per heavy atom. The third kappa shape index (κ3) is 1.88. The van der Waals surface area contributed by atoms with Gasteiger partial charge in [0.25, 0.3) is 0 Å². The van der Waals surface area contributed by atoms with Crippen molar-refractivity contribution in [2.45, 2.75) is 45.8 Å². The molecule has 1 aromatic heterocycles. The summed E-state index contributed by atoms with van der Waals surface area (Å²) in [6, 6.07) is 5.95. The van der Waals surface area contributed by atoms with Crippen molar-refractivity contribution < 1.29 is 13.8 Å². The van der Waals surface area contributed by atoms with E-state index in [1.807, 2.05) is 52.8 Å². The van der Waals surface area contributed by atoms with E-state index >= 15 is 0 Å². The molecule has 0 unspecified atom stereocenters. The second-order valence-electron chi connectivity index (χ2n) is 6.11. The maximum Gasteiger partial charge on any atom is 0.494 e. The lowest BCUT2D eigenvalue weighted by atomic mass is 9.79. The van der Waals surface area contributed by atoms with Crippen LogP contribution in [-0.2, 0) is 9.31 Å². The van der Waals surface area contributed by atoms with Gasteiger partial charge in [0.1, 0.15) is 0 Å². The predicted octanol–water partition coefficient (Wildman–Crippen LogP) is 2.44. The topological polar surface area (TPSA) is 44.5 Å². The normalized spacial score (nSPS) is 21.2. The zero-order valence-corrected chi connectivity index (χ0v) is 12.0. The summed E-state index contributed by atoms with van der Waals surface area (Å²) < 4.78 is 17.3. The fourth-order valence-electron chi connectivity index (χ4n) is 2.21. The Kier molecular flexibility index (Phi) is 2.56. The molecule has 0 N–H and O–H groups in total. The summed E-state index contributed by atoms with van der Waals surface area (Å²) in [6.07, 6.45) is 0. The molecule has 1 fully saturated rings. The first kappa shape index (κ1) is 12.7. The van der Waals surface area contributed by atoms with Crippen LogP contribution in [0.4, 0.5) is 0 Å². The minimum atomic E-state index is -0.361. The average molecular weight is 259 g/mol. The lowest BCUT2D eigenvalue weighted by molar-refractivity contribution is 0.00578. The number of aryl methyl sites for hydroxylation is 1. The summed E-state index contributed by atoms with van der Waals surface area (Å²) >= 11 is 0. The molecule has 0 aliphatic carbocycles. The molecule has 5 heteroatoms. The standard InChI is InChI=1S/C14H18BNO3/c1-9-11-7-6-10(8-12(11)17-16-9)15-18-13(2,3)14(4,5)19-15/h6-8H,1-5H3. The van der Waals surface area contributed by atoms with Crippen molar-refractivity contribution in [1.82, 2.24) is 5.16 Å². The smallest absolute Gasteiger partial charge is 0.399 e. The molecule has 0 bridgehead atoms. The maximum atomic E-state index is 6.02. The lowest BCUT2D eigenvalue weighted by Crippen LogP contribution is -2.41. The van der Waals surface area contributed by atoms with Crippen LogP contribution in [0.15, 0.2) is 22.7 Å². The van der Waals surface area contributed by atoms with Crippen molar-refractivity contribution in [3.63, 3.8) is 0 Å². The van der Waals surface area contributed by atoms with Gasteiger partial charge < -0.3 is 13.8 Å². The predicted molar refractivity (Wildman–Crippen MR) is 74.5 cm³/mol. The first-order valence-electron chi connectivity index (χ1n) is 6.52. The zero-order chi connectivity index (χ0) is 13.8. The van der Waals surface area contributed by atoms with Crippen LogP contribution in [0, 0.1) is 6.92 Å². The largest absolute Gasteiger partial charge is 0.494 e. The van der Waals surface area contributed by atoms with E-state index in [9.17, 15) is 0 Å². The number of hydrogen-bond donors (Lipinski definition) is 0. The summed E-state index contributed by atoms with van der Waals surface area (Å²) in [7, 11) is -0.361. The molecule has 2 aromatic rings. The van der Waals surface area contributed by atoms with E-state index in [2.05, 4.69) is 5.16 Å². The van der Waals surface area contributed by atoms with Crippen molar-refractivity contribution >= 4 is 23.6 Å². The minimum Gasteiger partial charge on any atom is -0.399 e. The summed E-state index contributed by atoms with van der Waals surface area (Å²) in [5.41, 5.74) is 1.97. The molecule has 0 radical (unpaired) electrons. The molecule has 1 aliphatic rings. The van der Waals surface area contributed by atoms with E-state index in [4.69, 9.17) is 13.8 Å². The first-order chi connectivity index (χ1) is 8.80. The fraction of sp³-hybridized carbons (Fsp3) is 0.500. The number of nitrogens with zero attached hydrogens (tertiary/aromatic N) is 1. The van der Waals surface area contributed by atoms with Gasteiger partial charge in [-0.25, -0.2) is 0 Å². The quantitative estimate of drug-likeness (QED) is 0.738. The van der Waals surface area contributed by atoms with E-state index in [-0.39, 0.29) is 18.3 Å². The molecular weight excluding hydrogens is 241 g/mol. The van der Waals surface area contributed by atoms with Gasteiger partial charge in [0, 0.05) is 5.39 Å². The highest BCUT2D eigenvalue weighted by molar-refractivity contribution is 6.62. The Morgan fingerprint density at radius 3 is 2.32 bits per heavy atom. The highest BCUT2D eigenvalue weighted by Crippen LogP contribution is 2.36. The monoisotopic (exact) mass is 259 g/mol. The molecule has 4 nitrogen and oxygen atoms in total. The lowest BCUT2D eigenvalue weighted by Gasteiger charge is -2.32. The number of aromatic nitrogens is 1. The van der Waals surface area contributed by atoms with E-state index in [1.54, 1.807) is 0 Å². The van der Waals surface area contributed by atoms with Gasteiger partial charge in [0.15, 0.2) is 5.58 Å². The van der Waals surface area contributed by atoms with E-state index in [0.29, 0.717) is 0 Å². The highest BCUT2D eigenvalue weighted by atomic mass is 16.7. The number of hydrogen-bond acceptors (Lipinski definition) is 4. The van der Waals surface area contributed by atoms with Gasteiger partial charge >= 0.3 is 7.12 Å². The SMILES string of the molecule is Cc1noc2cc(B3OC(C)(C)C(C)(C)O3)ccc12. The van der Waals surface area contributed by atoms with Crippen LogP contribution in [0.3, 0.4) is 0 Å². The molecule has 1 saturated heterocycles. The molecular formula is C14H18BNO3. The molecule has 0 atom stereocenters. The summed E-state index contributed by atoms with van der Waals surface area (Å²) in [5, 5.41) is 4.99. The third-order valence-electron chi connectivity index (χ3n) is 4.20. The molecule has 0 spiro atoms. The van der Waals surface area contributed by atoms with Crippen molar-refractivity contribution in [1.29, 1.82) is 0 Å². The van der Waals surface area contributed by atoms with Gasteiger partial charge in [0.2, 0.25) is 0 Å². The second-order valence-corrected chi connectivity index (χ2v) is 6.11. The van der Waals surface area contributed by atoms with Gasteiger partial charge in [-0.1, -0.05) is 11.2 Å². The molecule has 19 heavy (non-hydrogen) atoms. The molecule has 2 heterocycles. The van der Waals surface area contributed by atoms with Gasteiger partial charge in [-0.2, -0.15) is 0 Å². The maximum absolute atomic E-state index is 6.02. The van der Waals surface area contributed by atoms with Crippen LogP contribution in [0.25, 0.3) is 11.0 Å². The Morgan fingerprint density at radius 2 is 1.68 bits per heavy atom. The number of fused-ring (bicyclic) bond motifs is 1. The summed E-state index contributed by atoms with van der Waals surface area (Å²) in [6.45, 7) is 10.1. The average Bonchev–Trinajstić information content (AvgIpc) is 2.78. The van der Waals surface area contributed by atoms with E-state index < -0.39 is 0 Å². The molecule has 0 saturated carbocycles. The zero-order valence-electron chi connectivity index (χ0n) is 12.0. The molecule has 100 valence electrons. The molecule has 1 aromatic carbocycles. The Balaban J connectivity index is 1.98. The first-order valence-corrected chi connectivity index (χ1v) is 6.52. The van der Waals surface area contributed by atoms with E-state index in [0.717, 1.165) is 22.1 Å². The Labute approximate surface area is 113 Å². The second kappa shape index (κ2) is 3.84. The van der Waals surface area contributed by atoms with Gasteiger partial charge in [-0.05, 0) is 52.2 Å². The van der Waals surface area contributed by atoms with Crippen molar-refractivity contribution in [2.75, 3.05) is 0 Å². The van der Waals surface area contributed by atoms with Crippen LogP contribution in [0.1, 0.15) is 33.4 Å². The van der Waals surface area contributed by atoms with Gasteiger partial charge in [-0.3, -0.25) is 0 Å². The number of rotatable bonds is 1. The van der Waals surface area contributed by atoms with Crippen LogP contribution < -0.4 is 5.46 Å². The minimum absolute atomic E-state index is 0.329. The van der Waals surface area contributed by atoms with Crippen molar-refractivity contribution in [3.05, 3.63) is 23.9 Å². The third-order valence-corrected chi connectivity index (χ3v) is 4.20. The molecule has 0 amide bonds. The Bertz CT molecular complexity index is 617. The molecule has 1 aliphatic heterocycles. The fourth-order valence-corrected chi connectivity index (χ4v) is 2.21. The van der Waals surface area contributed by atoms with Gasteiger partial charge in [0.05, 0.1) is 16.9 Å². The summed E-state index contributed by atoms with van der Waals surface area (Å²) in [5.74, 6) is 0. The Hall–Kier alpha value is -1.33. The van der Waals surface area contributed by atoms with Crippen LogP contribution in [0.2, 0.25) is 0 Å². The van der Waals surface area contributed by atoms with Crippen LogP contribution in [-0.4, -0.2) is 23.5 Å². The molecule has 3 rings (SSSR count). The van der Waals surface area contributed by atoms with Crippen molar-refractivity contribution in [2.24, 2.45) is 0 Å². The van der Waals surface area contributed by atoms with Gasteiger partial charge in [-0.15, -0.1) is 0 Å². The summed E-state index contributed by atoms with van der Waals surface area (Å²) in [4.78, 5) is 0.